The number of carboxylic acids is 1. The number of nitrogens with zero attached hydrogens (tertiary/aromatic N) is 1. The molecule has 0 aliphatic heterocycles. The van der Waals surface area contributed by atoms with Gasteiger partial charge in [-0.1, -0.05) is 29.8 Å². The Morgan fingerprint density at radius 2 is 2.14 bits per heavy atom. The van der Waals surface area contributed by atoms with E-state index < -0.39 is 5.97 Å². The van der Waals surface area contributed by atoms with Gasteiger partial charge in [0.15, 0.2) is 6.61 Å². The second kappa shape index (κ2) is 6.90. The Morgan fingerprint density at radius 3 is 2.86 bits per heavy atom. The van der Waals surface area contributed by atoms with Crippen LogP contribution in [0.2, 0.25) is 5.02 Å². The summed E-state index contributed by atoms with van der Waals surface area (Å²) in [5.74, 6) is -0.522. The van der Waals surface area contributed by atoms with E-state index in [-0.39, 0.29) is 6.61 Å². The summed E-state index contributed by atoms with van der Waals surface area (Å²) in [5, 5.41) is 9.25. The number of aliphatic imine (C=N–C) groups is 1. The molecule has 0 radical (unpaired) electrons. The zero-order chi connectivity index (χ0) is 15.2. The van der Waals surface area contributed by atoms with E-state index >= 15 is 0 Å². The second-order valence-electron chi connectivity index (χ2n) is 4.45. The lowest BCUT2D eigenvalue weighted by molar-refractivity contribution is -0.139. The summed E-state index contributed by atoms with van der Waals surface area (Å²) in [4.78, 5) is 14.8. The van der Waals surface area contributed by atoms with Gasteiger partial charge in [0.2, 0.25) is 0 Å². The molecule has 108 valence electrons. The molecule has 2 aromatic carbocycles. The molecular weight excluding hydrogens is 290 g/mol. The van der Waals surface area contributed by atoms with Crippen molar-refractivity contribution in [3.05, 3.63) is 58.6 Å². The number of benzene rings is 2. The molecule has 0 bridgehead atoms. The molecule has 4 nitrogen and oxygen atoms in total. The van der Waals surface area contributed by atoms with Crippen molar-refractivity contribution in [2.24, 2.45) is 4.99 Å². The first kappa shape index (κ1) is 15.1. The minimum atomic E-state index is -1.01. The van der Waals surface area contributed by atoms with E-state index in [1.165, 1.54) is 0 Å². The lowest BCUT2D eigenvalue weighted by atomic mass is 10.2. The zero-order valence-corrected chi connectivity index (χ0v) is 12.2. The number of hydrogen-bond donors (Lipinski definition) is 1. The molecule has 1 N–H and O–H groups in total. The van der Waals surface area contributed by atoms with Crippen LogP contribution in [0.1, 0.15) is 11.1 Å². The lowest BCUT2D eigenvalue weighted by Crippen LogP contribution is -2.09. The maximum absolute atomic E-state index is 10.5. The molecule has 0 spiro atoms. The smallest absolute Gasteiger partial charge is 0.341 e. The van der Waals surface area contributed by atoms with Gasteiger partial charge in [-0.2, -0.15) is 0 Å². The number of halogens is 1. The van der Waals surface area contributed by atoms with E-state index in [0.717, 1.165) is 16.8 Å². The summed E-state index contributed by atoms with van der Waals surface area (Å²) in [6.07, 6.45) is 1.68. The maximum Gasteiger partial charge on any atom is 0.341 e. The van der Waals surface area contributed by atoms with Gasteiger partial charge >= 0.3 is 5.97 Å². The second-order valence-corrected chi connectivity index (χ2v) is 4.85. The van der Waals surface area contributed by atoms with Crippen molar-refractivity contribution >= 4 is 29.5 Å². The molecule has 0 aliphatic carbocycles. The normalized spacial score (nSPS) is 10.8. The standard InChI is InChI=1S/C16H14ClNO3/c1-11-5-6-13(8-15(11)17)18-9-12-3-2-4-14(7-12)21-10-16(19)20/h2-9H,10H2,1H3,(H,19,20). The Bertz CT molecular complexity index is 683. The van der Waals surface area contributed by atoms with E-state index in [9.17, 15) is 4.79 Å². The van der Waals surface area contributed by atoms with E-state index in [0.29, 0.717) is 10.8 Å². The molecule has 0 fully saturated rings. The van der Waals surface area contributed by atoms with Crippen LogP contribution in [0.25, 0.3) is 0 Å². The van der Waals surface area contributed by atoms with E-state index in [1.54, 1.807) is 30.5 Å². The fourth-order valence-electron chi connectivity index (χ4n) is 1.64. The number of aryl methyl sites for hydroxylation is 1. The predicted octanol–water partition coefficient (Wildman–Crippen LogP) is 3.86. The summed E-state index contributed by atoms with van der Waals surface area (Å²) in [5.41, 5.74) is 2.57. The monoisotopic (exact) mass is 303 g/mol. The van der Waals surface area contributed by atoms with Gasteiger partial charge in [-0.15, -0.1) is 0 Å². The highest BCUT2D eigenvalue weighted by Gasteiger charge is 2.00. The number of rotatable bonds is 5. The molecule has 0 amide bonds. The summed E-state index contributed by atoms with van der Waals surface area (Å²) in [7, 11) is 0. The molecule has 2 aromatic rings. The van der Waals surface area contributed by atoms with Crippen molar-refractivity contribution in [3.63, 3.8) is 0 Å². The highest BCUT2D eigenvalue weighted by Crippen LogP contribution is 2.22. The molecule has 0 atom stereocenters. The molecule has 0 saturated heterocycles. The molecule has 0 saturated carbocycles. The molecule has 0 aromatic heterocycles. The molecule has 0 aliphatic rings. The van der Waals surface area contributed by atoms with Crippen LogP contribution >= 0.6 is 11.6 Å². The van der Waals surface area contributed by atoms with Crippen LogP contribution < -0.4 is 4.74 Å². The van der Waals surface area contributed by atoms with Crippen LogP contribution in [0.5, 0.6) is 5.75 Å². The maximum atomic E-state index is 10.5. The topological polar surface area (TPSA) is 58.9 Å². The van der Waals surface area contributed by atoms with Gasteiger partial charge in [-0.3, -0.25) is 4.99 Å². The Labute approximate surface area is 127 Å². The minimum absolute atomic E-state index is 0.367. The van der Waals surface area contributed by atoms with Crippen molar-refractivity contribution in [1.82, 2.24) is 0 Å². The summed E-state index contributed by atoms with van der Waals surface area (Å²) in [6, 6.07) is 12.6. The molecule has 0 unspecified atom stereocenters. The van der Waals surface area contributed by atoms with Crippen molar-refractivity contribution in [2.45, 2.75) is 6.92 Å². The average Bonchev–Trinajstić information content (AvgIpc) is 2.47. The van der Waals surface area contributed by atoms with Crippen molar-refractivity contribution < 1.29 is 14.6 Å². The number of aliphatic carboxylic acids is 1. The Morgan fingerprint density at radius 1 is 1.33 bits per heavy atom. The number of ether oxygens (including phenoxy) is 1. The van der Waals surface area contributed by atoms with Gasteiger partial charge in [0.1, 0.15) is 5.75 Å². The number of carboxylic acid groups (broad SMARTS) is 1. The zero-order valence-electron chi connectivity index (χ0n) is 11.4. The fraction of sp³-hybridized carbons (Fsp3) is 0.125. The predicted molar refractivity (Wildman–Crippen MR) is 83.0 cm³/mol. The fourth-order valence-corrected chi connectivity index (χ4v) is 1.82. The van der Waals surface area contributed by atoms with Crippen LogP contribution in [0, 0.1) is 6.92 Å². The third-order valence-corrected chi connectivity index (χ3v) is 3.15. The quantitative estimate of drug-likeness (QED) is 0.853. The molecule has 5 heteroatoms. The van der Waals surface area contributed by atoms with Gasteiger partial charge in [0.05, 0.1) is 5.69 Å². The van der Waals surface area contributed by atoms with Gasteiger partial charge in [0, 0.05) is 11.2 Å². The van der Waals surface area contributed by atoms with Crippen LogP contribution in [0.3, 0.4) is 0 Å². The molecular formula is C16H14ClNO3. The highest BCUT2D eigenvalue weighted by atomic mass is 35.5. The first-order valence-electron chi connectivity index (χ1n) is 6.29. The molecule has 21 heavy (non-hydrogen) atoms. The first-order valence-corrected chi connectivity index (χ1v) is 6.67. The van der Waals surface area contributed by atoms with Crippen LogP contribution in [-0.2, 0) is 4.79 Å². The van der Waals surface area contributed by atoms with Crippen LogP contribution in [-0.4, -0.2) is 23.9 Å². The van der Waals surface area contributed by atoms with Crippen molar-refractivity contribution in [1.29, 1.82) is 0 Å². The molecule has 2 rings (SSSR count). The number of hydrogen-bond acceptors (Lipinski definition) is 3. The third kappa shape index (κ3) is 4.61. The number of carbonyl (C=O) groups is 1. The summed E-state index contributed by atoms with van der Waals surface area (Å²) in [6.45, 7) is 1.56. The van der Waals surface area contributed by atoms with E-state index in [2.05, 4.69) is 4.99 Å². The van der Waals surface area contributed by atoms with Crippen molar-refractivity contribution in [3.8, 4) is 5.75 Å². The summed E-state index contributed by atoms with van der Waals surface area (Å²) >= 11 is 6.04. The van der Waals surface area contributed by atoms with Crippen molar-refractivity contribution in [2.75, 3.05) is 6.61 Å². The minimum Gasteiger partial charge on any atom is -0.482 e. The van der Waals surface area contributed by atoms with E-state index in [4.69, 9.17) is 21.4 Å². The van der Waals surface area contributed by atoms with Gasteiger partial charge in [-0.25, -0.2) is 4.79 Å². The lowest BCUT2D eigenvalue weighted by Gasteiger charge is -2.03. The van der Waals surface area contributed by atoms with Crippen LogP contribution in [0.15, 0.2) is 47.5 Å². The Kier molecular flexibility index (Phi) is 4.95. The van der Waals surface area contributed by atoms with E-state index in [1.807, 2.05) is 25.1 Å². The highest BCUT2D eigenvalue weighted by molar-refractivity contribution is 6.31. The Balaban J connectivity index is 2.11. The SMILES string of the molecule is Cc1ccc(N=Cc2cccc(OCC(=O)O)c2)cc1Cl. The Hall–Kier alpha value is -2.33. The van der Waals surface area contributed by atoms with Gasteiger partial charge < -0.3 is 9.84 Å². The third-order valence-electron chi connectivity index (χ3n) is 2.74. The largest absolute Gasteiger partial charge is 0.482 e. The summed E-state index contributed by atoms with van der Waals surface area (Å²) < 4.78 is 5.11. The van der Waals surface area contributed by atoms with Gasteiger partial charge in [-0.05, 0) is 42.3 Å². The molecule has 0 heterocycles. The van der Waals surface area contributed by atoms with Gasteiger partial charge in [0.25, 0.3) is 0 Å². The van der Waals surface area contributed by atoms with Crippen LogP contribution in [0.4, 0.5) is 5.69 Å². The average molecular weight is 304 g/mol. The first-order chi connectivity index (χ1) is 10.0.